The van der Waals surface area contributed by atoms with Crippen LogP contribution in [0.25, 0.3) is 0 Å². The Morgan fingerprint density at radius 3 is 2.63 bits per heavy atom. The highest BCUT2D eigenvalue weighted by Gasteiger charge is 2.22. The Morgan fingerprint density at radius 2 is 2.07 bits per heavy atom. The molecule has 0 unspecified atom stereocenters. The molecule has 1 amide bonds. The minimum Gasteiger partial charge on any atom is -0.357 e. The zero-order chi connectivity index (χ0) is 18.9. The van der Waals surface area contributed by atoms with Gasteiger partial charge in [0.25, 0.3) is 0 Å². The lowest BCUT2D eigenvalue weighted by Gasteiger charge is -2.33. The number of amides is 1. The maximum Gasteiger partial charge on any atom is 0.236 e. The van der Waals surface area contributed by atoms with E-state index in [2.05, 4.69) is 39.4 Å². The summed E-state index contributed by atoms with van der Waals surface area (Å²) < 4.78 is 0. The van der Waals surface area contributed by atoms with Gasteiger partial charge in [0, 0.05) is 50.8 Å². The number of piperidine rings is 1. The molecular weight excluding hydrogens is 475 g/mol. The van der Waals surface area contributed by atoms with Gasteiger partial charge in [-0.2, -0.15) is 0 Å². The molecule has 1 aromatic heterocycles. The van der Waals surface area contributed by atoms with Gasteiger partial charge in [0.1, 0.15) is 5.01 Å². The fourth-order valence-corrected chi connectivity index (χ4v) is 3.60. The van der Waals surface area contributed by atoms with Crippen LogP contribution in [-0.2, 0) is 17.8 Å². The first kappa shape index (κ1) is 24.1. The summed E-state index contributed by atoms with van der Waals surface area (Å²) in [7, 11) is 3.61. The van der Waals surface area contributed by atoms with Gasteiger partial charge in [-0.1, -0.05) is 6.92 Å². The summed E-state index contributed by atoms with van der Waals surface area (Å²) in [6.45, 7) is 8.04. The van der Waals surface area contributed by atoms with Crippen LogP contribution in [0.5, 0.6) is 0 Å². The second-order valence-electron chi connectivity index (χ2n) is 6.75. The van der Waals surface area contributed by atoms with Gasteiger partial charge in [-0.05, 0) is 26.2 Å². The number of hydrogen-bond acceptors (Lipinski definition) is 5. The standard InChI is InChI=1S/C18H32N6OS.HI/c1-5-15-11-20-16(26-15)12-21-18(19-6-2)22-14-7-9-24(10-8-14)13-17(25)23(3)4;/h11,14H,5-10,12-13H2,1-4H3,(H2,19,21,22);1H. The number of rotatable bonds is 7. The van der Waals surface area contributed by atoms with Crippen molar-refractivity contribution >= 4 is 47.2 Å². The molecule has 0 aromatic carbocycles. The molecule has 0 bridgehead atoms. The number of aromatic nitrogens is 1. The number of halogens is 1. The van der Waals surface area contributed by atoms with Crippen LogP contribution in [0.2, 0.25) is 0 Å². The molecule has 0 atom stereocenters. The predicted molar refractivity (Wildman–Crippen MR) is 123 cm³/mol. The Kier molecular flexibility index (Phi) is 11.2. The molecule has 1 aromatic rings. The minimum absolute atomic E-state index is 0. The first-order valence-electron chi connectivity index (χ1n) is 9.42. The van der Waals surface area contributed by atoms with Crippen molar-refractivity contribution in [1.29, 1.82) is 0 Å². The SMILES string of the molecule is CCNC(=NCc1ncc(CC)s1)NC1CCN(CC(=O)N(C)C)CC1.I. The number of aliphatic imine (C=N–C) groups is 1. The molecule has 1 fully saturated rings. The van der Waals surface area contributed by atoms with E-state index in [0.29, 0.717) is 19.1 Å². The van der Waals surface area contributed by atoms with Crippen LogP contribution < -0.4 is 10.6 Å². The molecule has 1 saturated heterocycles. The van der Waals surface area contributed by atoms with E-state index in [4.69, 9.17) is 0 Å². The van der Waals surface area contributed by atoms with Crippen molar-refractivity contribution in [3.8, 4) is 0 Å². The maximum absolute atomic E-state index is 11.8. The van der Waals surface area contributed by atoms with Crippen LogP contribution >= 0.6 is 35.3 Å². The number of carbonyl (C=O) groups excluding carboxylic acids is 1. The molecule has 27 heavy (non-hydrogen) atoms. The third kappa shape index (κ3) is 8.30. The highest BCUT2D eigenvalue weighted by Crippen LogP contribution is 2.14. The summed E-state index contributed by atoms with van der Waals surface area (Å²) >= 11 is 1.73. The highest BCUT2D eigenvalue weighted by atomic mass is 127. The van der Waals surface area contributed by atoms with E-state index < -0.39 is 0 Å². The molecule has 154 valence electrons. The van der Waals surface area contributed by atoms with Gasteiger partial charge in [-0.15, -0.1) is 35.3 Å². The Balaban J connectivity index is 0.00000364. The summed E-state index contributed by atoms with van der Waals surface area (Å²) in [5, 5.41) is 7.91. The van der Waals surface area contributed by atoms with Crippen LogP contribution in [0.15, 0.2) is 11.2 Å². The van der Waals surface area contributed by atoms with Crippen LogP contribution in [0.1, 0.15) is 36.6 Å². The van der Waals surface area contributed by atoms with Crippen LogP contribution in [0.3, 0.4) is 0 Å². The number of thiazole rings is 1. The van der Waals surface area contributed by atoms with Crippen molar-refractivity contribution in [1.82, 2.24) is 25.4 Å². The van der Waals surface area contributed by atoms with Crippen LogP contribution in [0.4, 0.5) is 0 Å². The third-order valence-corrected chi connectivity index (χ3v) is 5.58. The summed E-state index contributed by atoms with van der Waals surface area (Å²) in [6.07, 6.45) is 5.00. The number of hydrogen-bond donors (Lipinski definition) is 2. The molecule has 0 spiro atoms. The van der Waals surface area contributed by atoms with Crippen molar-refractivity contribution < 1.29 is 4.79 Å². The normalized spacial score (nSPS) is 15.9. The van der Waals surface area contributed by atoms with Crippen molar-refractivity contribution in [2.45, 2.75) is 45.7 Å². The average Bonchev–Trinajstić information content (AvgIpc) is 3.09. The first-order valence-corrected chi connectivity index (χ1v) is 10.2. The molecule has 2 rings (SSSR count). The van der Waals surface area contributed by atoms with E-state index >= 15 is 0 Å². The van der Waals surface area contributed by atoms with E-state index in [1.807, 2.05) is 20.3 Å². The molecule has 2 N–H and O–H groups in total. The molecule has 0 saturated carbocycles. The lowest BCUT2D eigenvalue weighted by molar-refractivity contribution is -0.130. The highest BCUT2D eigenvalue weighted by molar-refractivity contribution is 14.0. The van der Waals surface area contributed by atoms with Crippen molar-refractivity contribution in [2.75, 3.05) is 40.3 Å². The minimum atomic E-state index is 0. The first-order chi connectivity index (χ1) is 12.5. The Hall–Kier alpha value is -0.940. The van der Waals surface area contributed by atoms with Gasteiger partial charge < -0.3 is 15.5 Å². The van der Waals surface area contributed by atoms with Crippen molar-refractivity contribution in [3.63, 3.8) is 0 Å². The number of likely N-dealkylation sites (tertiary alicyclic amines) is 1. The van der Waals surface area contributed by atoms with E-state index in [1.165, 1.54) is 4.88 Å². The van der Waals surface area contributed by atoms with Gasteiger partial charge in [0.05, 0.1) is 13.1 Å². The number of guanidine groups is 1. The summed E-state index contributed by atoms with van der Waals surface area (Å²) in [4.78, 5) is 26.1. The number of nitrogens with one attached hydrogen (secondary N) is 2. The van der Waals surface area contributed by atoms with E-state index in [9.17, 15) is 4.79 Å². The predicted octanol–water partition coefficient (Wildman–Crippen LogP) is 1.93. The molecule has 1 aliphatic heterocycles. The molecule has 2 heterocycles. The second-order valence-corrected chi connectivity index (χ2v) is 7.95. The van der Waals surface area contributed by atoms with Gasteiger partial charge in [0.15, 0.2) is 5.96 Å². The quantitative estimate of drug-likeness (QED) is 0.335. The lowest BCUT2D eigenvalue weighted by atomic mass is 10.1. The number of aryl methyl sites for hydroxylation is 1. The zero-order valence-corrected chi connectivity index (χ0v) is 20.0. The monoisotopic (exact) mass is 508 g/mol. The van der Waals surface area contributed by atoms with Crippen LogP contribution in [0, 0.1) is 0 Å². The van der Waals surface area contributed by atoms with E-state index in [0.717, 1.165) is 49.9 Å². The fraction of sp³-hybridized carbons (Fsp3) is 0.722. The smallest absolute Gasteiger partial charge is 0.236 e. The van der Waals surface area contributed by atoms with E-state index in [-0.39, 0.29) is 29.9 Å². The van der Waals surface area contributed by atoms with Gasteiger partial charge in [-0.25, -0.2) is 9.98 Å². The van der Waals surface area contributed by atoms with Crippen molar-refractivity contribution in [3.05, 3.63) is 16.1 Å². The molecule has 0 radical (unpaired) electrons. The lowest BCUT2D eigenvalue weighted by Crippen LogP contribution is -2.50. The van der Waals surface area contributed by atoms with Gasteiger partial charge >= 0.3 is 0 Å². The van der Waals surface area contributed by atoms with Gasteiger partial charge in [-0.3, -0.25) is 9.69 Å². The van der Waals surface area contributed by atoms with Crippen molar-refractivity contribution in [2.24, 2.45) is 4.99 Å². The molecule has 9 heteroatoms. The number of likely N-dealkylation sites (N-methyl/N-ethyl adjacent to an activating group) is 1. The maximum atomic E-state index is 11.8. The summed E-state index contributed by atoms with van der Waals surface area (Å²) in [5.41, 5.74) is 0. The molecular formula is C18H33IN6OS. The van der Waals surface area contributed by atoms with Gasteiger partial charge in [0.2, 0.25) is 5.91 Å². The van der Waals surface area contributed by atoms with E-state index in [1.54, 1.807) is 16.2 Å². The third-order valence-electron chi connectivity index (χ3n) is 4.45. The summed E-state index contributed by atoms with van der Waals surface area (Å²) in [5.74, 6) is 1.02. The van der Waals surface area contributed by atoms with Crippen LogP contribution in [-0.4, -0.2) is 73.0 Å². The fourth-order valence-electron chi connectivity index (χ4n) is 2.81. The Labute approximate surface area is 184 Å². The largest absolute Gasteiger partial charge is 0.357 e. The number of carbonyl (C=O) groups is 1. The second kappa shape index (κ2) is 12.5. The Morgan fingerprint density at radius 1 is 1.37 bits per heavy atom. The average molecular weight is 508 g/mol. The summed E-state index contributed by atoms with van der Waals surface area (Å²) in [6, 6.07) is 0.390. The molecule has 0 aliphatic carbocycles. The molecule has 1 aliphatic rings. The zero-order valence-electron chi connectivity index (χ0n) is 16.8. The number of nitrogens with zero attached hydrogens (tertiary/aromatic N) is 4. The topological polar surface area (TPSA) is 72.9 Å². The Bertz CT molecular complexity index is 598. The molecule has 7 nitrogen and oxygen atoms in total.